The van der Waals surface area contributed by atoms with E-state index >= 15 is 0 Å². The highest BCUT2D eigenvalue weighted by atomic mass is 16.1. The molecule has 0 aliphatic carbocycles. The van der Waals surface area contributed by atoms with E-state index in [0.717, 1.165) is 29.2 Å². The molecule has 0 bridgehead atoms. The third-order valence-electron chi connectivity index (χ3n) is 4.98. The molecule has 1 amide bonds. The minimum atomic E-state index is -0.426. The van der Waals surface area contributed by atoms with Crippen LogP contribution in [-0.4, -0.2) is 19.0 Å². The van der Waals surface area contributed by atoms with Crippen molar-refractivity contribution in [1.29, 1.82) is 0 Å². The molecular weight excluding hydrogens is 298 g/mol. The number of hydrogen-bond acceptors (Lipinski definition) is 3. The highest BCUT2D eigenvalue weighted by molar-refractivity contribution is 5.92. The number of nitrogens with zero attached hydrogens (tertiary/aromatic N) is 1. The van der Waals surface area contributed by atoms with E-state index in [1.165, 1.54) is 18.4 Å². The fourth-order valence-electron chi connectivity index (χ4n) is 3.66. The van der Waals surface area contributed by atoms with E-state index in [9.17, 15) is 4.79 Å². The maximum atomic E-state index is 11.6. The maximum Gasteiger partial charge on any atom is 0.250 e. The average molecular weight is 319 g/mol. The van der Waals surface area contributed by atoms with E-state index in [1.807, 2.05) is 12.1 Å². The van der Waals surface area contributed by atoms with Crippen LogP contribution in [0.4, 0.5) is 0 Å². The Kier molecular flexibility index (Phi) is 3.90. The summed E-state index contributed by atoms with van der Waals surface area (Å²) < 4.78 is 0. The van der Waals surface area contributed by atoms with Crippen molar-refractivity contribution < 1.29 is 4.79 Å². The van der Waals surface area contributed by atoms with Crippen molar-refractivity contribution in [2.75, 3.05) is 13.1 Å². The van der Waals surface area contributed by atoms with Crippen molar-refractivity contribution in [3.05, 3.63) is 69.7 Å². The molecule has 1 saturated heterocycles. The van der Waals surface area contributed by atoms with Gasteiger partial charge in [0.1, 0.15) is 0 Å². The van der Waals surface area contributed by atoms with Crippen LogP contribution in [0.25, 0.3) is 6.08 Å². The van der Waals surface area contributed by atoms with Gasteiger partial charge in [-0.05, 0) is 53.8 Å². The van der Waals surface area contributed by atoms with Crippen LogP contribution in [0, 0.1) is 0 Å². The Morgan fingerprint density at radius 2 is 1.92 bits per heavy atom. The van der Waals surface area contributed by atoms with Gasteiger partial charge in [-0.3, -0.25) is 9.79 Å². The normalized spacial score (nSPS) is 22.3. The number of carbonyl (C=O) groups excluding carboxylic acids is 1. The first-order valence-electron chi connectivity index (χ1n) is 8.51. The van der Waals surface area contributed by atoms with Crippen molar-refractivity contribution in [3.8, 4) is 0 Å². The zero-order valence-electron chi connectivity index (χ0n) is 13.5. The second kappa shape index (κ2) is 6.21. The molecule has 2 aliphatic heterocycles. The number of nitrogens with one attached hydrogen (secondary N) is 1. The van der Waals surface area contributed by atoms with E-state index in [4.69, 9.17) is 10.7 Å². The van der Waals surface area contributed by atoms with Gasteiger partial charge in [-0.15, -0.1) is 0 Å². The highest BCUT2D eigenvalue weighted by Crippen LogP contribution is 2.26. The lowest BCUT2D eigenvalue weighted by Crippen LogP contribution is -2.31. The van der Waals surface area contributed by atoms with Crippen LogP contribution in [0.2, 0.25) is 0 Å². The van der Waals surface area contributed by atoms with E-state index in [1.54, 1.807) is 6.07 Å². The standard InChI is InChI=1S/C20H21N3O/c21-20(24)17-5-1-3-15-11-18(23-19(15)17)14-8-6-13(7-9-14)16-4-2-10-22-12-16/h1,3,5-9,11,16,18,22H,2,4,10,12H2,(H2,21,24)/t16-,18?/m1/s1. The zero-order valence-corrected chi connectivity index (χ0v) is 13.5. The molecule has 0 spiro atoms. The molecule has 4 rings (SSSR count). The van der Waals surface area contributed by atoms with Gasteiger partial charge in [0, 0.05) is 6.54 Å². The molecule has 0 radical (unpaired) electrons. The summed E-state index contributed by atoms with van der Waals surface area (Å²) in [6.45, 7) is 2.19. The lowest BCUT2D eigenvalue weighted by Gasteiger charge is -2.23. The first-order chi connectivity index (χ1) is 11.7. The number of para-hydroxylation sites is 1. The molecular formula is C20H21N3O. The molecule has 24 heavy (non-hydrogen) atoms. The van der Waals surface area contributed by atoms with Crippen molar-refractivity contribution in [3.63, 3.8) is 0 Å². The molecule has 0 saturated carbocycles. The molecule has 0 aromatic heterocycles. The van der Waals surface area contributed by atoms with E-state index in [2.05, 4.69) is 35.7 Å². The molecule has 2 atom stereocenters. The monoisotopic (exact) mass is 319 g/mol. The smallest absolute Gasteiger partial charge is 0.250 e. The van der Waals surface area contributed by atoms with E-state index in [0.29, 0.717) is 11.5 Å². The van der Waals surface area contributed by atoms with Crippen LogP contribution < -0.4 is 21.6 Å². The Labute approximate surface area is 141 Å². The summed E-state index contributed by atoms with van der Waals surface area (Å²) in [6, 6.07) is 14.3. The fraction of sp³-hybridized carbons (Fsp3) is 0.300. The molecule has 2 aliphatic rings. The van der Waals surface area contributed by atoms with Gasteiger partial charge in [0.25, 0.3) is 5.91 Å². The molecule has 2 heterocycles. The SMILES string of the molecule is NC(=O)c1cccc2c1=NC(c1ccc([C@@H]3CCCNC3)cc1)C=2. The van der Waals surface area contributed by atoms with Crippen LogP contribution in [0.3, 0.4) is 0 Å². The lowest BCUT2D eigenvalue weighted by atomic mass is 9.90. The third kappa shape index (κ3) is 2.74. The van der Waals surface area contributed by atoms with Gasteiger partial charge in [0.05, 0.1) is 17.0 Å². The Balaban J connectivity index is 1.63. The predicted octanol–water partition coefficient (Wildman–Crippen LogP) is 1.41. The fourth-order valence-corrected chi connectivity index (χ4v) is 3.66. The summed E-state index contributed by atoms with van der Waals surface area (Å²) in [4.78, 5) is 16.3. The van der Waals surface area contributed by atoms with Gasteiger partial charge < -0.3 is 11.1 Å². The first-order valence-corrected chi connectivity index (χ1v) is 8.51. The number of nitrogens with two attached hydrogens (primary N) is 1. The zero-order chi connectivity index (χ0) is 16.5. The second-order valence-electron chi connectivity index (χ2n) is 6.56. The number of piperidine rings is 1. The van der Waals surface area contributed by atoms with E-state index in [-0.39, 0.29) is 6.04 Å². The van der Waals surface area contributed by atoms with E-state index < -0.39 is 5.91 Å². The molecule has 3 N–H and O–H groups in total. The summed E-state index contributed by atoms with van der Waals surface area (Å²) in [5.74, 6) is 0.181. The van der Waals surface area contributed by atoms with Crippen molar-refractivity contribution in [2.24, 2.45) is 10.7 Å². The predicted molar refractivity (Wildman–Crippen MR) is 94.2 cm³/mol. The number of benzene rings is 2. The number of primary amides is 1. The van der Waals surface area contributed by atoms with Crippen LogP contribution in [0.1, 0.15) is 46.3 Å². The largest absolute Gasteiger partial charge is 0.366 e. The number of amides is 1. The van der Waals surface area contributed by atoms with Crippen LogP contribution >= 0.6 is 0 Å². The minimum Gasteiger partial charge on any atom is -0.366 e. The summed E-state index contributed by atoms with van der Waals surface area (Å²) in [6.07, 6.45) is 4.59. The van der Waals surface area contributed by atoms with Crippen LogP contribution in [0.5, 0.6) is 0 Å². The molecule has 1 fully saturated rings. The van der Waals surface area contributed by atoms with Crippen molar-refractivity contribution >= 4 is 12.0 Å². The van der Waals surface area contributed by atoms with Gasteiger partial charge >= 0.3 is 0 Å². The van der Waals surface area contributed by atoms with Crippen LogP contribution in [0.15, 0.2) is 47.5 Å². The van der Waals surface area contributed by atoms with Crippen molar-refractivity contribution in [1.82, 2.24) is 5.32 Å². The van der Waals surface area contributed by atoms with Crippen LogP contribution in [-0.2, 0) is 0 Å². The molecule has 4 heteroatoms. The number of rotatable bonds is 3. The lowest BCUT2D eigenvalue weighted by molar-refractivity contribution is 0.0999. The minimum absolute atomic E-state index is 0.0426. The Morgan fingerprint density at radius 1 is 1.12 bits per heavy atom. The topological polar surface area (TPSA) is 67.5 Å². The van der Waals surface area contributed by atoms with Crippen molar-refractivity contribution in [2.45, 2.75) is 24.8 Å². The quantitative estimate of drug-likeness (QED) is 0.898. The highest BCUT2D eigenvalue weighted by Gasteiger charge is 2.17. The first kappa shape index (κ1) is 15.1. The summed E-state index contributed by atoms with van der Waals surface area (Å²) in [7, 11) is 0. The molecule has 2 aromatic carbocycles. The average Bonchev–Trinajstić information content (AvgIpc) is 3.06. The number of hydrogen-bond donors (Lipinski definition) is 2. The van der Waals surface area contributed by atoms with Gasteiger partial charge in [0.2, 0.25) is 0 Å². The molecule has 122 valence electrons. The Hall–Kier alpha value is -2.46. The second-order valence-corrected chi connectivity index (χ2v) is 6.56. The molecule has 4 nitrogen and oxygen atoms in total. The van der Waals surface area contributed by atoms with Gasteiger partial charge in [-0.1, -0.05) is 36.4 Å². The third-order valence-corrected chi connectivity index (χ3v) is 4.98. The summed E-state index contributed by atoms with van der Waals surface area (Å²) in [5, 5.41) is 5.16. The van der Waals surface area contributed by atoms with Gasteiger partial charge in [-0.25, -0.2) is 0 Å². The molecule has 1 unspecified atom stereocenters. The maximum absolute atomic E-state index is 11.6. The Bertz CT molecular complexity index is 880. The Morgan fingerprint density at radius 3 is 2.62 bits per heavy atom. The molecule has 2 aromatic rings. The summed E-state index contributed by atoms with van der Waals surface area (Å²) in [5.41, 5.74) is 8.49. The number of fused-ring (bicyclic) bond motifs is 1. The van der Waals surface area contributed by atoms with Gasteiger partial charge in [0.15, 0.2) is 0 Å². The van der Waals surface area contributed by atoms with Gasteiger partial charge in [-0.2, -0.15) is 0 Å². The number of carbonyl (C=O) groups is 1. The summed E-state index contributed by atoms with van der Waals surface area (Å²) >= 11 is 0.